The van der Waals surface area contributed by atoms with Gasteiger partial charge in [0.25, 0.3) is 0 Å². The van der Waals surface area contributed by atoms with Crippen LogP contribution in [-0.4, -0.2) is 47.7 Å². The average Bonchev–Trinajstić information content (AvgIpc) is 2.55. The molecular formula is C14H17N5O2S. The van der Waals surface area contributed by atoms with Crippen LogP contribution in [0.5, 0.6) is 0 Å². The molecule has 116 valence electrons. The first kappa shape index (κ1) is 14.8. The van der Waals surface area contributed by atoms with Crippen molar-refractivity contribution < 1.29 is 8.42 Å². The number of nitrogens with zero attached hydrogens (tertiary/aromatic N) is 5. The fourth-order valence-electron chi connectivity index (χ4n) is 2.76. The minimum absolute atomic E-state index is 0.0327. The second-order valence-corrected chi connectivity index (χ2v) is 7.36. The SMILES string of the molecule is CS(=O)(=O)c1cncnc1[C@H]1CCCN(c2ncccn2)C1. The molecule has 3 heterocycles. The molecule has 2 aromatic heterocycles. The fraction of sp³-hybridized carbons (Fsp3) is 0.429. The molecule has 1 aliphatic rings. The Morgan fingerprint density at radius 2 is 2.00 bits per heavy atom. The van der Waals surface area contributed by atoms with Crippen LogP contribution in [-0.2, 0) is 9.84 Å². The molecule has 0 saturated carbocycles. The van der Waals surface area contributed by atoms with E-state index in [0.717, 1.165) is 19.4 Å². The zero-order valence-electron chi connectivity index (χ0n) is 12.3. The normalized spacial score (nSPS) is 19.1. The smallest absolute Gasteiger partial charge is 0.225 e. The van der Waals surface area contributed by atoms with Gasteiger partial charge in [0.15, 0.2) is 9.84 Å². The van der Waals surface area contributed by atoms with Gasteiger partial charge >= 0.3 is 0 Å². The average molecular weight is 319 g/mol. The van der Waals surface area contributed by atoms with E-state index in [1.807, 2.05) is 0 Å². The van der Waals surface area contributed by atoms with Crippen LogP contribution < -0.4 is 4.90 Å². The molecule has 0 aliphatic carbocycles. The molecule has 0 amide bonds. The van der Waals surface area contributed by atoms with Gasteiger partial charge in [-0.05, 0) is 18.9 Å². The van der Waals surface area contributed by atoms with Gasteiger partial charge in [-0.15, -0.1) is 0 Å². The maximum atomic E-state index is 11.9. The first-order valence-electron chi connectivity index (χ1n) is 7.07. The van der Waals surface area contributed by atoms with Crippen LogP contribution in [0.4, 0.5) is 5.95 Å². The predicted octanol–water partition coefficient (Wildman–Crippen LogP) is 1.05. The number of hydrogen-bond acceptors (Lipinski definition) is 7. The molecule has 7 nitrogen and oxygen atoms in total. The van der Waals surface area contributed by atoms with Gasteiger partial charge in [-0.25, -0.2) is 28.4 Å². The van der Waals surface area contributed by atoms with Gasteiger partial charge in [0, 0.05) is 43.9 Å². The minimum Gasteiger partial charge on any atom is -0.340 e. The van der Waals surface area contributed by atoms with Gasteiger partial charge in [0.1, 0.15) is 11.2 Å². The van der Waals surface area contributed by atoms with Crippen molar-refractivity contribution in [3.05, 3.63) is 36.7 Å². The van der Waals surface area contributed by atoms with Crippen molar-refractivity contribution in [2.75, 3.05) is 24.2 Å². The molecule has 1 atom stereocenters. The molecule has 3 rings (SSSR count). The predicted molar refractivity (Wildman–Crippen MR) is 81.4 cm³/mol. The second kappa shape index (κ2) is 5.96. The quantitative estimate of drug-likeness (QED) is 0.835. The van der Waals surface area contributed by atoms with Crippen LogP contribution >= 0.6 is 0 Å². The maximum absolute atomic E-state index is 11.9. The van der Waals surface area contributed by atoms with Gasteiger partial charge in [-0.3, -0.25) is 0 Å². The monoisotopic (exact) mass is 319 g/mol. The second-order valence-electron chi connectivity index (χ2n) is 5.38. The maximum Gasteiger partial charge on any atom is 0.225 e. The van der Waals surface area contributed by atoms with E-state index in [0.29, 0.717) is 18.2 Å². The molecule has 0 unspecified atom stereocenters. The lowest BCUT2D eigenvalue weighted by Gasteiger charge is -2.32. The van der Waals surface area contributed by atoms with Crippen molar-refractivity contribution in [2.24, 2.45) is 0 Å². The number of aromatic nitrogens is 4. The zero-order chi connectivity index (χ0) is 15.6. The van der Waals surface area contributed by atoms with Crippen LogP contribution in [0.3, 0.4) is 0 Å². The van der Waals surface area contributed by atoms with Crippen LogP contribution in [0.1, 0.15) is 24.5 Å². The number of piperidine rings is 1. The highest BCUT2D eigenvalue weighted by Gasteiger charge is 2.28. The summed E-state index contributed by atoms with van der Waals surface area (Å²) in [4.78, 5) is 18.9. The van der Waals surface area contributed by atoms with Crippen molar-refractivity contribution in [3.63, 3.8) is 0 Å². The van der Waals surface area contributed by atoms with E-state index >= 15 is 0 Å². The van der Waals surface area contributed by atoms with E-state index in [4.69, 9.17) is 0 Å². The Morgan fingerprint density at radius 3 is 2.73 bits per heavy atom. The molecule has 1 saturated heterocycles. The molecule has 1 fully saturated rings. The van der Waals surface area contributed by atoms with Crippen molar-refractivity contribution in [3.8, 4) is 0 Å². The lowest BCUT2D eigenvalue weighted by Crippen LogP contribution is -2.36. The molecule has 1 aliphatic heterocycles. The van der Waals surface area contributed by atoms with Crippen LogP contribution in [0.2, 0.25) is 0 Å². The van der Waals surface area contributed by atoms with E-state index in [1.165, 1.54) is 18.8 Å². The van der Waals surface area contributed by atoms with E-state index in [-0.39, 0.29) is 10.8 Å². The Kier molecular flexibility index (Phi) is 4.02. The number of rotatable bonds is 3. The highest BCUT2D eigenvalue weighted by Crippen LogP contribution is 2.30. The Bertz CT molecular complexity index is 751. The summed E-state index contributed by atoms with van der Waals surface area (Å²) < 4.78 is 23.9. The first-order valence-corrected chi connectivity index (χ1v) is 8.97. The lowest BCUT2D eigenvalue weighted by molar-refractivity contribution is 0.486. The summed E-state index contributed by atoms with van der Waals surface area (Å²) in [7, 11) is -3.34. The number of sulfone groups is 1. The molecule has 0 bridgehead atoms. The molecule has 8 heteroatoms. The molecule has 0 N–H and O–H groups in total. The van der Waals surface area contributed by atoms with Gasteiger partial charge < -0.3 is 4.90 Å². The number of anilines is 1. The third-order valence-corrected chi connectivity index (χ3v) is 4.86. The lowest BCUT2D eigenvalue weighted by atomic mass is 9.95. The largest absolute Gasteiger partial charge is 0.340 e. The molecular weight excluding hydrogens is 302 g/mol. The summed E-state index contributed by atoms with van der Waals surface area (Å²) in [6, 6.07) is 1.77. The Morgan fingerprint density at radius 1 is 1.23 bits per heavy atom. The Labute approximate surface area is 129 Å². The minimum atomic E-state index is -3.34. The summed E-state index contributed by atoms with van der Waals surface area (Å²) in [5, 5.41) is 0. The van der Waals surface area contributed by atoms with Crippen LogP contribution in [0, 0.1) is 0 Å². The van der Waals surface area contributed by atoms with E-state index in [9.17, 15) is 8.42 Å². The zero-order valence-corrected chi connectivity index (χ0v) is 13.1. The van der Waals surface area contributed by atoms with Gasteiger partial charge in [-0.1, -0.05) is 0 Å². The molecule has 0 aromatic carbocycles. The Hall–Kier alpha value is -2.09. The molecule has 0 radical (unpaired) electrons. The summed E-state index contributed by atoms with van der Waals surface area (Å²) >= 11 is 0. The highest BCUT2D eigenvalue weighted by atomic mass is 32.2. The first-order chi connectivity index (χ1) is 10.6. The van der Waals surface area contributed by atoms with Gasteiger partial charge in [0.05, 0.1) is 5.69 Å². The van der Waals surface area contributed by atoms with Crippen molar-refractivity contribution in [1.82, 2.24) is 19.9 Å². The number of hydrogen-bond donors (Lipinski definition) is 0. The summed E-state index contributed by atoms with van der Waals surface area (Å²) in [6.07, 6.45) is 9.23. The van der Waals surface area contributed by atoms with Crippen LogP contribution in [0.15, 0.2) is 35.9 Å². The van der Waals surface area contributed by atoms with Crippen molar-refractivity contribution in [2.45, 2.75) is 23.7 Å². The van der Waals surface area contributed by atoms with Gasteiger partial charge in [-0.2, -0.15) is 0 Å². The molecule has 0 spiro atoms. The summed E-state index contributed by atoms with van der Waals surface area (Å²) in [6.45, 7) is 1.52. The van der Waals surface area contributed by atoms with Crippen molar-refractivity contribution >= 4 is 15.8 Å². The summed E-state index contributed by atoms with van der Waals surface area (Å²) in [5.41, 5.74) is 0.595. The molecule has 2 aromatic rings. The van der Waals surface area contributed by atoms with E-state index < -0.39 is 9.84 Å². The fourth-order valence-corrected chi connectivity index (χ4v) is 3.61. The summed E-state index contributed by atoms with van der Waals surface area (Å²) in [5.74, 6) is 0.701. The Balaban J connectivity index is 1.90. The van der Waals surface area contributed by atoms with E-state index in [2.05, 4.69) is 24.8 Å². The molecule has 22 heavy (non-hydrogen) atoms. The standard InChI is InChI=1S/C14H17N5O2S/c1-22(20,21)12-8-15-10-18-13(12)11-4-2-7-19(9-11)14-16-5-3-6-17-14/h3,5-6,8,10-11H,2,4,7,9H2,1H3/t11-/m0/s1. The van der Waals surface area contributed by atoms with E-state index in [1.54, 1.807) is 18.5 Å². The topological polar surface area (TPSA) is 88.9 Å². The highest BCUT2D eigenvalue weighted by molar-refractivity contribution is 7.90. The van der Waals surface area contributed by atoms with Crippen molar-refractivity contribution in [1.29, 1.82) is 0 Å². The van der Waals surface area contributed by atoms with Gasteiger partial charge in [0.2, 0.25) is 5.95 Å². The third kappa shape index (κ3) is 3.06. The van der Waals surface area contributed by atoms with Crippen LogP contribution in [0.25, 0.3) is 0 Å². The third-order valence-electron chi connectivity index (χ3n) is 3.75.